The van der Waals surface area contributed by atoms with Gasteiger partial charge >= 0.3 is 0 Å². The summed E-state index contributed by atoms with van der Waals surface area (Å²) in [6.07, 6.45) is 0.610. The van der Waals surface area contributed by atoms with Gasteiger partial charge in [-0.2, -0.15) is 5.10 Å². The van der Waals surface area contributed by atoms with Crippen LogP contribution >= 0.6 is 11.6 Å². The lowest BCUT2D eigenvalue weighted by Gasteiger charge is -2.27. The number of hydrogen-bond donors (Lipinski definition) is 3. The molecule has 0 radical (unpaired) electrons. The molecule has 0 aliphatic carbocycles. The molecule has 0 fully saturated rings. The molecule has 3 aromatic carbocycles. The van der Waals surface area contributed by atoms with E-state index in [2.05, 4.69) is 10.2 Å². The van der Waals surface area contributed by atoms with Crippen LogP contribution in [0.15, 0.2) is 66.7 Å². The lowest BCUT2D eigenvalue weighted by Crippen LogP contribution is -2.35. The van der Waals surface area contributed by atoms with E-state index in [9.17, 15) is 15.0 Å². The van der Waals surface area contributed by atoms with Crippen molar-refractivity contribution in [1.82, 2.24) is 15.1 Å². The second kappa shape index (κ2) is 9.11. The summed E-state index contributed by atoms with van der Waals surface area (Å²) in [4.78, 5) is 14.9. The molecule has 34 heavy (non-hydrogen) atoms. The number of rotatable bonds is 5. The molecule has 4 aromatic rings. The van der Waals surface area contributed by atoms with Gasteiger partial charge in [0.1, 0.15) is 29.5 Å². The number of phenols is 2. The van der Waals surface area contributed by atoms with Gasteiger partial charge in [0.2, 0.25) is 0 Å². The number of ether oxygens (including phenoxy) is 1. The Bertz CT molecular complexity index is 1340. The van der Waals surface area contributed by atoms with Crippen LogP contribution in [0.3, 0.4) is 0 Å². The molecule has 0 unspecified atom stereocenters. The molecule has 0 spiro atoms. The molecule has 2 heterocycles. The van der Waals surface area contributed by atoms with E-state index in [1.165, 1.54) is 12.1 Å². The zero-order valence-electron chi connectivity index (χ0n) is 18.2. The number of nitrogens with one attached hydrogen (secondary N) is 1. The molecule has 0 bridgehead atoms. The van der Waals surface area contributed by atoms with Gasteiger partial charge < -0.3 is 19.8 Å². The number of carbonyl (C=O) groups is 1. The first-order valence-corrected chi connectivity index (χ1v) is 11.2. The fourth-order valence-electron chi connectivity index (χ4n) is 4.05. The van der Waals surface area contributed by atoms with E-state index in [1.54, 1.807) is 29.2 Å². The molecule has 1 aromatic heterocycles. The zero-order valence-corrected chi connectivity index (χ0v) is 18.9. The van der Waals surface area contributed by atoms with Crippen molar-refractivity contribution in [2.24, 2.45) is 0 Å². The third-order valence-electron chi connectivity index (χ3n) is 5.89. The fourth-order valence-corrected chi connectivity index (χ4v) is 4.21. The van der Waals surface area contributed by atoms with E-state index in [0.29, 0.717) is 48.7 Å². The highest BCUT2D eigenvalue weighted by atomic mass is 35.5. The van der Waals surface area contributed by atoms with Crippen molar-refractivity contribution < 1.29 is 19.7 Å². The molecule has 0 saturated heterocycles. The molecule has 8 heteroatoms. The van der Waals surface area contributed by atoms with Gasteiger partial charge in [-0.05, 0) is 35.9 Å². The highest BCUT2D eigenvalue weighted by Crippen LogP contribution is 2.39. The minimum atomic E-state index is -0.208. The molecule has 1 aliphatic rings. The van der Waals surface area contributed by atoms with Crippen LogP contribution < -0.4 is 4.74 Å². The van der Waals surface area contributed by atoms with Crippen molar-refractivity contribution in [3.8, 4) is 28.5 Å². The fraction of sp³-hybridized carbons (Fsp3) is 0.154. The Morgan fingerprint density at radius 1 is 1.06 bits per heavy atom. The van der Waals surface area contributed by atoms with Gasteiger partial charge in [0.25, 0.3) is 5.91 Å². The molecule has 0 saturated carbocycles. The average Bonchev–Trinajstić information content (AvgIpc) is 3.28. The monoisotopic (exact) mass is 475 g/mol. The molecule has 1 amide bonds. The number of aromatic hydroxyl groups is 2. The number of halogens is 1. The number of aromatic nitrogens is 2. The molecule has 0 atom stereocenters. The summed E-state index contributed by atoms with van der Waals surface area (Å²) in [6, 6.07) is 19.7. The van der Waals surface area contributed by atoms with Gasteiger partial charge in [-0.25, -0.2) is 0 Å². The Kier molecular flexibility index (Phi) is 5.86. The molecular weight excluding hydrogens is 454 g/mol. The van der Waals surface area contributed by atoms with E-state index in [1.807, 2.05) is 30.3 Å². The third-order valence-corrected chi connectivity index (χ3v) is 6.19. The van der Waals surface area contributed by atoms with E-state index < -0.39 is 0 Å². The predicted molar refractivity (Wildman–Crippen MR) is 128 cm³/mol. The second-order valence-corrected chi connectivity index (χ2v) is 8.53. The van der Waals surface area contributed by atoms with Gasteiger partial charge in [-0.3, -0.25) is 9.89 Å². The van der Waals surface area contributed by atoms with Crippen LogP contribution in [0.4, 0.5) is 0 Å². The van der Waals surface area contributed by atoms with Crippen molar-refractivity contribution in [1.29, 1.82) is 0 Å². The number of carbonyl (C=O) groups excluding carboxylic acids is 1. The second-order valence-electron chi connectivity index (χ2n) is 8.13. The summed E-state index contributed by atoms with van der Waals surface area (Å²) >= 11 is 6.04. The van der Waals surface area contributed by atoms with Crippen LogP contribution in [0, 0.1) is 0 Å². The number of hydrogen-bond acceptors (Lipinski definition) is 5. The molecule has 5 rings (SSSR count). The van der Waals surface area contributed by atoms with E-state index >= 15 is 0 Å². The first-order valence-electron chi connectivity index (χ1n) is 10.8. The van der Waals surface area contributed by atoms with Crippen LogP contribution in [0.25, 0.3) is 11.3 Å². The van der Waals surface area contributed by atoms with Crippen LogP contribution in [-0.2, 0) is 19.6 Å². The smallest absolute Gasteiger partial charge is 0.254 e. The number of fused-ring (bicyclic) bond motifs is 1. The van der Waals surface area contributed by atoms with Crippen molar-refractivity contribution in [3.63, 3.8) is 0 Å². The Balaban J connectivity index is 1.31. The van der Waals surface area contributed by atoms with Crippen molar-refractivity contribution >= 4 is 17.5 Å². The maximum Gasteiger partial charge on any atom is 0.254 e. The van der Waals surface area contributed by atoms with Gasteiger partial charge in [0, 0.05) is 48.0 Å². The largest absolute Gasteiger partial charge is 0.507 e. The minimum Gasteiger partial charge on any atom is -0.507 e. The van der Waals surface area contributed by atoms with Crippen LogP contribution in [0.2, 0.25) is 5.02 Å². The van der Waals surface area contributed by atoms with Crippen LogP contribution in [0.5, 0.6) is 17.2 Å². The number of aromatic amines is 1. The Labute approximate surface area is 201 Å². The van der Waals surface area contributed by atoms with Gasteiger partial charge in [-0.15, -0.1) is 0 Å². The summed E-state index contributed by atoms with van der Waals surface area (Å²) < 4.78 is 5.81. The van der Waals surface area contributed by atoms with Crippen LogP contribution in [0.1, 0.15) is 27.2 Å². The van der Waals surface area contributed by atoms with Crippen LogP contribution in [-0.4, -0.2) is 37.8 Å². The van der Waals surface area contributed by atoms with Crippen molar-refractivity contribution in [2.75, 3.05) is 6.54 Å². The molecular formula is C26H22ClN3O4. The normalized spacial score (nSPS) is 12.9. The van der Waals surface area contributed by atoms with E-state index in [0.717, 1.165) is 16.8 Å². The SMILES string of the molecule is O=C(c1ccc(OCc2ccccc2)cc1)N1CCc2[nH]nc(-c3cc(Cl)c(O)cc3O)c2C1. The lowest BCUT2D eigenvalue weighted by atomic mass is 9.99. The number of amides is 1. The van der Waals surface area contributed by atoms with Crippen molar-refractivity contribution in [3.05, 3.63) is 94.1 Å². The highest BCUT2D eigenvalue weighted by Gasteiger charge is 2.27. The van der Waals surface area contributed by atoms with Gasteiger partial charge in [0.05, 0.1) is 5.02 Å². The number of phenolic OH excluding ortho intramolecular Hbond substituents is 2. The summed E-state index contributed by atoms with van der Waals surface area (Å²) in [5.41, 5.74) is 4.28. The van der Waals surface area contributed by atoms with E-state index in [4.69, 9.17) is 16.3 Å². The molecule has 3 N–H and O–H groups in total. The Morgan fingerprint density at radius 3 is 2.59 bits per heavy atom. The quantitative estimate of drug-likeness (QED) is 0.380. The first kappa shape index (κ1) is 21.9. The number of nitrogens with zero attached hydrogens (tertiary/aromatic N) is 2. The topological polar surface area (TPSA) is 98.7 Å². The van der Waals surface area contributed by atoms with Gasteiger partial charge in [0.15, 0.2) is 0 Å². The number of H-pyrrole nitrogens is 1. The van der Waals surface area contributed by atoms with Gasteiger partial charge in [-0.1, -0.05) is 41.9 Å². The van der Waals surface area contributed by atoms with Crippen molar-refractivity contribution in [2.45, 2.75) is 19.6 Å². The lowest BCUT2D eigenvalue weighted by molar-refractivity contribution is 0.0734. The Morgan fingerprint density at radius 2 is 1.82 bits per heavy atom. The molecule has 1 aliphatic heterocycles. The Hall–Kier alpha value is -3.97. The summed E-state index contributed by atoms with van der Waals surface area (Å²) in [5.74, 6) is 0.254. The first-order chi connectivity index (χ1) is 16.5. The minimum absolute atomic E-state index is 0.0969. The third kappa shape index (κ3) is 4.30. The molecule has 7 nitrogen and oxygen atoms in total. The average molecular weight is 476 g/mol. The molecule has 172 valence electrons. The predicted octanol–water partition coefficient (Wildman–Crippen LogP) is 4.92. The number of benzene rings is 3. The maximum absolute atomic E-state index is 13.2. The zero-order chi connectivity index (χ0) is 23.7. The summed E-state index contributed by atoms with van der Waals surface area (Å²) in [5, 5.41) is 27.5. The standard InChI is InChI=1S/C26H22ClN3O4/c27-21-12-19(23(31)13-24(21)32)25-20-14-30(11-10-22(20)28-29-25)26(33)17-6-8-18(9-7-17)34-15-16-4-2-1-3-5-16/h1-9,12-13,31-32H,10-11,14-15H2,(H,28,29). The summed E-state index contributed by atoms with van der Waals surface area (Å²) in [7, 11) is 0. The highest BCUT2D eigenvalue weighted by molar-refractivity contribution is 6.32. The van der Waals surface area contributed by atoms with E-state index in [-0.39, 0.29) is 22.4 Å². The summed E-state index contributed by atoms with van der Waals surface area (Å²) in [6.45, 7) is 1.34. The maximum atomic E-state index is 13.2.